The van der Waals surface area contributed by atoms with E-state index in [0.29, 0.717) is 25.4 Å². The molecule has 2 atom stereocenters. The molecule has 1 amide bonds. The molecule has 118 valence electrons. The molecule has 1 aromatic heterocycles. The zero-order valence-corrected chi connectivity index (χ0v) is 12.6. The Morgan fingerprint density at radius 1 is 1.45 bits per heavy atom. The molecule has 6 nitrogen and oxygen atoms in total. The molecule has 4 rings (SSSR count). The van der Waals surface area contributed by atoms with Gasteiger partial charge in [0.05, 0.1) is 31.1 Å². The zero-order chi connectivity index (χ0) is 15.0. The van der Waals surface area contributed by atoms with E-state index in [1.807, 2.05) is 4.90 Å². The molecule has 2 unspecified atom stereocenters. The summed E-state index contributed by atoms with van der Waals surface area (Å²) in [5.41, 5.74) is 0.186. The Morgan fingerprint density at radius 3 is 3.14 bits per heavy atom. The number of carbonyl (C=O) groups is 1. The Balaban J connectivity index is 1.34. The molecule has 2 saturated heterocycles. The van der Waals surface area contributed by atoms with Crippen molar-refractivity contribution < 1.29 is 14.3 Å². The van der Waals surface area contributed by atoms with Crippen molar-refractivity contribution in [2.45, 2.75) is 37.4 Å². The average Bonchev–Trinajstić information content (AvgIpc) is 3.18. The molecule has 0 bridgehead atoms. The maximum absolute atomic E-state index is 12.4. The zero-order valence-electron chi connectivity index (χ0n) is 12.6. The van der Waals surface area contributed by atoms with E-state index in [0.717, 1.165) is 25.4 Å². The molecule has 3 fully saturated rings. The second kappa shape index (κ2) is 5.59. The minimum absolute atomic E-state index is 0.0593. The van der Waals surface area contributed by atoms with Crippen LogP contribution in [0.25, 0.3) is 0 Å². The molecule has 0 aromatic carbocycles. The van der Waals surface area contributed by atoms with Gasteiger partial charge in [-0.3, -0.25) is 9.78 Å². The smallest absolute Gasteiger partial charge is 0.274 e. The van der Waals surface area contributed by atoms with E-state index in [4.69, 9.17) is 9.47 Å². The summed E-state index contributed by atoms with van der Waals surface area (Å²) in [6.45, 7) is 2.86. The highest BCUT2D eigenvalue weighted by atomic mass is 16.6. The Kier molecular flexibility index (Phi) is 3.58. The molecule has 3 heterocycles. The number of amides is 1. The number of likely N-dealkylation sites (tertiary alicyclic amines) is 1. The van der Waals surface area contributed by atoms with Gasteiger partial charge >= 0.3 is 0 Å². The van der Waals surface area contributed by atoms with Crippen LogP contribution in [0.4, 0.5) is 0 Å². The fourth-order valence-corrected chi connectivity index (χ4v) is 3.34. The number of ether oxygens (including phenoxy) is 2. The van der Waals surface area contributed by atoms with Gasteiger partial charge in [0.1, 0.15) is 5.69 Å². The SMILES string of the molecule is O=C(c1cnccn1)N1CCC2(CC(OCC3CC3)CO2)C1. The van der Waals surface area contributed by atoms with Crippen molar-refractivity contribution >= 4 is 5.91 Å². The van der Waals surface area contributed by atoms with Crippen molar-refractivity contribution in [3.8, 4) is 0 Å². The first-order valence-electron chi connectivity index (χ1n) is 8.05. The first kappa shape index (κ1) is 14.1. The Bertz CT molecular complexity index is 549. The van der Waals surface area contributed by atoms with Gasteiger partial charge in [-0.05, 0) is 25.2 Å². The largest absolute Gasteiger partial charge is 0.375 e. The summed E-state index contributed by atoms with van der Waals surface area (Å²) in [6, 6.07) is 0. The minimum Gasteiger partial charge on any atom is -0.375 e. The van der Waals surface area contributed by atoms with Crippen molar-refractivity contribution in [1.82, 2.24) is 14.9 Å². The minimum atomic E-state index is -0.216. The number of rotatable bonds is 4. The van der Waals surface area contributed by atoms with Crippen molar-refractivity contribution in [1.29, 1.82) is 0 Å². The molecule has 22 heavy (non-hydrogen) atoms. The lowest BCUT2D eigenvalue weighted by Gasteiger charge is -2.23. The standard InChI is InChI=1S/C16H21N3O3/c20-15(14-8-17-4-5-18-14)19-6-3-16(11-19)7-13(10-22-16)21-9-12-1-2-12/h4-5,8,12-13H,1-3,6-7,9-11H2. The molecule has 1 aromatic rings. The molecule has 0 N–H and O–H groups in total. The lowest BCUT2D eigenvalue weighted by Crippen LogP contribution is -2.36. The summed E-state index contributed by atoms with van der Waals surface area (Å²) in [5.74, 6) is 0.714. The van der Waals surface area contributed by atoms with E-state index in [1.165, 1.54) is 19.0 Å². The van der Waals surface area contributed by atoms with Gasteiger partial charge in [0, 0.05) is 32.0 Å². The van der Waals surface area contributed by atoms with Gasteiger partial charge in [-0.2, -0.15) is 0 Å². The monoisotopic (exact) mass is 303 g/mol. The molecule has 1 spiro atoms. The predicted molar refractivity (Wildman–Crippen MR) is 78.3 cm³/mol. The van der Waals surface area contributed by atoms with Crippen LogP contribution in [0.2, 0.25) is 0 Å². The van der Waals surface area contributed by atoms with Crippen LogP contribution in [-0.2, 0) is 9.47 Å². The average molecular weight is 303 g/mol. The fraction of sp³-hybridized carbons (Fsp3) is 0.688. The van der Waals surface area contributed by atoms with Crippen LogP contribution in [-0.4, -0.2) is 58.8 Å². The number of hydrogen-bond acceptors (Lipinski definition) is 5. The van der Waals surface area contributed by atoms with Crippen molar-refractivity contribution in [3.05, 3.63) is 24.3 Å². The third kappa shape index (κ3) is 2.85. The quantitative estimate of drug-likeness (QED) is 0.838. The van der Waals surface area contributed by atoms with Crippen molar-refractivity contribution in [3.63, 3.8) is 0 Å². The van der Waals surface area contributed by atoms with Gasteiger partial charge in [-0.25, -0.2) is 4.98 Å². The van der Waals surface area contributed by atoms with Crippen LogP contribution in [0.15, 0.2) is 18.6 Å². The summed E-state index contributed by atoms with van der Waals surface area (Å²) in [7, 11) is 0. The molecule has 3 aliphatic rings. The van der Waals surface area contributed by atoms with Gasteiger partial charge < -0.3 is 14.4 Å². The maximum Gasteiger partial charge on any atom is 0.274 e. The highest BCUT2D eigenvalue weighted by Crippen LogP contribution is 2.37. The molecule has 6 heteroatoms. The van der Waals surface area contributed by atoms with Gasteiger partial charge in [-0.15, -0.1) is 0 Å². The third-order valence-electron chi connectivity index (χ3n) is 4.83. The summed E-state index contributed by atoms with van der Waals surface area (Å²) < 4.78 is 12.0. The van der Waals surface area contributed by atoms with Gasteiger partial charge in [0.25, 0.3) is 5.91 Å². The first-order chi connectivity index (χ1) is 10.7. The second-order valence-electron chi connectivity index (χ2n) is 6.66. The Labute approximate surface area is 129 Å². The van der Waals surface area contributed by atoms with Gasteiger partial charge in [-0.1, -0.05) is 0 Å². The van der Waals surface area contributed by atoms with Crippen LogP contribution >= 0.6 is 0 Å². The Hall–Kier alpha value is -1.53. The summed E-state index contributed by atoms with van der Waals surface area (Å²) in [4.78, 5) is 22.3. The van der Waals surface area contributed by atoms with Gasteiger partial charge in [0.15, 0.2) is 0 Å². The molecule has 2 aliphatic heterocycles. The van der Waals surface area contributed by atoms with E-state index >= 15 is 0 Å². The number of carbonyl (C=O) groups excluding carboxylic acids is 1. The number of nitrogens with zero attached hydrogens (tertiary/aromatic N) is 3. The first-order valence-corrected chi connectivity index (χ1v) is 8.05. The topological polar surface area (TPSA) is 64.6 Å². The second-order valence-corrected chi connectivity index (χ2v) is 6.66. The molecular weight excluding hydrogens is 282 g/mol. The maximum atomic E-state index is 12.4. The van der Waals surface area contributed by atoms with Crippen LogP contribution in [0.1, 0.15) is 36.2 Å². The summed E-state index contributed by atoms with van der Waals surface area (Å²) in [6.07, 6.45) is 9.21. The molecule has 1 saturated carbocycles. The van der Waals surface area contributed by atoms with Crippen molar-refractivity contribution in [2.75, 3.05) is 26.3 Å². The third-order valence-corrected chi connectivity index (χ3v) is 4.83. The summed E-state index contributed by atoms with van der Waals surface area (Å²) in [5, 5.41) is 0. The van der Waals surface area contributed by atoms with Crippen LogP contribution in [0.3, 0.4) is 0 Å². The highest BCUT2D eigenvalue weighted by Gasteiger charge is 2.47. The fourth-order valence-electron chi connectivity index (χ4n) is 3.34. The Morgan fingerprint density at radius 2 is 2.36 bits per heavy atom. The molecule has 1 aliphatic carbocycles. The van der Waals surface area contributed by atoms with E-state index in [9.17, 15) is 4.79 Å². The van der Waals surface area contributed by atoms with E-state index in [-0.39, 0.29) is 17.6 Å². The number of hydrogen-bond donors (Lipinski definition) is 0. The van der Waals surface area contributed by atoms with E-state index in [1.54, 1.807) is 12.4 Å². The van der Waals surface area contributed by atoms with Crippen LogP contribution in [0, 0.1) is 5.92 Å². The molecule has 0 radical (unpaired) electrons. The normalized spacial score (nSPS) is 31.1. The lowest BCUT2D eigenvalue weighted by molar-refractivity contribution is 0.00153. The van der Waals surface area contributed by atoms with Gasteiger partial charge in [0.2, 0.25) is 0 Å². The van der Waals surface area contributed by atoms with Crippen LogP contribution in [0.5, 0.6) is 0 Å². The van der Waals surface area contributed by atoms with E-state index in [2.05, 4.69) is 9.97 Å². The lowest BCUT2D eigenvalue weighted by atomic mass is 9.98. The van der Waals surface area contributed by atoms with Crippen LogP contribution < -0.4 is 0 Å². The number of aromatic nitrogens is 2. The molecular formula is C16H21N3O3. The van der Waals surface area contributed by atoms with Crippen molar-refractivity contribution in [2.24, 2.45) is 5.92 Å². The van der Waals surface area contributed by atoms with E-state index < -0.39 is 0 Å². The predicted octanol–water partition coefficient (Wildman–Crippen LogP) is 1.28. The summed E-state index contributed by atoms with van der Waals surface area (Å²) >= 11 is 0. The highest BCUT2D eigenvalue weighted by molar-refractivity contribution is 5.92.